The summed E-state index contributed by atoms with van der Waals surface area (Å²) in [7, 11) is 0. The van der Waals surface area contributed by atoms with Gasteiger partial charge in [0.2, 0.25) is 0 Å². The van der Waals surface area contributed by atoms with Crippen LogP contribution in [-0.2, 0) is 19.6 Å². The van der Waals surface area contributed by atoms with Gasteiger partial charge in [-0.25, -0.2) is 18.7 Å². The maximum atomic E-state index is 13.3. The van der Waals surface area contributed by atoms with Gasteiger partial charge < -0.3 is 9.67 Å². The van der Waals surface area contributed by atoms with E-state index in [2.05, 4.69) is 19.4 Å². The van der Waals surface area contributed by atoms with Crippen LogP contribution in [0, 0.1) is 5.82 Å². The van der Waals surface area contributed by atoms with E-state index in [4.69, 9.17) is 0 Å². The number of benzene rings is 1. The highest BCUT2D eigenvalue weighted by Gasteiger charge is 2.35. The number of halogens is 2. The Morgan fingerprint density at radius 1 is 1.17 bits per heavy atom. The van der Waals surface area contributed by atoms with E-state index in [0.29, 0.717) is 18.2 Å². The van der Waals surface area contributed by atoms with Gasteiger partial charge in [0.25, 0.3) is 0 Å². The number of aromatic nitrogens is 3. The first kappa shape index (κ1) is 18.6. The average molecular weight is 398 g/mol. The fraction of sp³-hybridized carbons (Fsp3) is 0.455. The summed E-state index contributed by atoms with van der Waals surface area (Å²) in [5, 5.41) is 10.8. The molecule has 0 saturated carbocycles. The molecule has 7 heteroatoms. The lowest BCUT2D eigenvalue weighted by atomic mass is 9.90. The molecule has 2 unspecified atom stereocenters. The first-order chi connectivity index (χ1) is 14.2. The van der Waals surface area contributed by atoms with Crippen LogP contribution in [0.1, 0.15) is 54.1 Å². The van der Waals surface area contributed by atoms with Gasteiger partial charge in [0.1, 0.15) is 12.5 Å². The Balaban J connectivity index is 1.61. The lowest BCUT2D eigenvalue weighted by Crippen LogP contribution is -2.39. The van der Waals surface area contributed by atoms with Crippen molar-refractivity contribution in [2.45, 2.75) is 51.0 Å². The summed E-state index contributed by atoms with van der Waals surface area (Å²) in [6.07, 6.45) is 5.22. The molecule has 0 amide bonds. The SMILES string of the molecule is OC(Cn1c2c(c3nc(CF)ncc31)C1CCCCN1CC2)c1ccc(F)cc1. The lowest BCUT2D eigenvalue weighted by molar-refractivity contribution is 0.133. The van der Waals surface area contributed by atoms with Gasteiger partial charge in [0, 0.05) is 30.3 Å². The first-order valence-corrected chi connectivity index (χ1v) is 10.3. The van der Waals surface area contributed by atoms with Crippen molar-refractivity contribution in [3.63, 3.8) is 0 Å². The molecule has 29 heavy (non-hydrogen) atoms. The molecule has 1 aromatic carbocycles. The zero-order chi connectivity index (χ0) is 20.0. The molecule has 0 aliphatic carbocycles. The van der Waals surface area contributed by atoms with Crippen molar-refractivity contribution in [1.82, 2.24) is 19.4 Å². The van der Waals surface area contributed by atoms with Gasteiger partial charge in [-0.2, -0.15) is 0 Å². The zero-order valence-electron chi connectivity index (χ0n) is 16.2. The molecule has 0 radical (unpaired) electrons. The maximum Gasteiger partial charge on any atom is 0.160 e. The summed E-state index contributed by atoms with van der Waals surface area (Å²) in [6.45, 7) is 1.70. The summed E-state index contributed by atoms with van der Waals surface area (Å²) in [5.74, 6) is -0.126. The van der Waals surface area contributed by atoms with Crippen LogP contribution in [0.2, 0.25) is 0 Å². The molecule has 2 atom stereocenters. The van der Waals surface area contributed by atoms with Crippen LogP contribution >= 0.6 is 0 Å². The van der Waals surface area contributed by atoms with E-state index >= 15 is 0 Å². The number of piperidine rings is 1. The molecule has 2 aliphatic rings. The number of nitrogens with zero attached hydrogens (tertiary/aromatic N) is 4. The number of aliphatic hydroxyl groups excluding tert-OH is 1. The van der Waals surface area contributed by atoms with Gasteiger partial charge in [-0.15, -0.1) is 0 Å². The maximum absolute atomic E-state index is 13.3. The Morgan fingerprint density at radius 3 is 2.79 bits per heavy atom. The Morgan fingerprint density at radius 2 is 2.00 bits per heavy atom. The highest BCUT2D eigenvalue weighted by molar-refractivity contribution is 5.82. The summed E-state index contributed by atoms with van der Waals surface area (Å²) >= 11 is 0. The molecule has 1 fully saturated rings. The van der Waals surface area contributed by atoms with Crippen LogP contribution in [0.5, 0.6) is 0 Å². The number of rotatable bonds is 4. The molecule has 5 nitrogen and oxygen atoms in total. The monoisotopic (exact) mass is 398 g/mol. The fourth-order valence-electron chi connectivity index (χ4n) is 4.93. The number of alkyl halides is 1. The van der Waals surface area contributed by atoms with Crippen molar-refractivity contribution < 1.29 is 13.9 Å². The van der Waals surface area contributed by atoms with E-state index in [0.717, 1.165) is 42.7 Å². The summed E-state index contributed by atoms with van der Waals surface area (Å²) in [4.78, 5) is 11.2. The fourth-order valence-corrected chi connectivity index (χ4v) is 4.93. The molecular formula is C22H24F2N4O. The van der Waals surface area contributed by atoms with Crippen molar-refractivity contribution in [3.05, 3.63) is 58.9 Å². The van der Waals surface area contributed by atoms with Gasteiger partial charge in [-0.3, -0.25) is 4.90 Å². The number of hydrogen-bond donors (Lipinski definition) is 1. The van der Waals surface area contributed by atoms with Crippen LogP contribution < -0.4 is 0 Å². The van der Waals surface area contributed by atoms with Gasteiger partial charge in [0.15, 0.2) is 5.82 Å². The van der Waals surface area contributed by atoms with E-state index in [-0.39, 0.29) is 11.6 Å². The predicted molar refractivity (Wildman–Crippen MR) is 106 cm³/mol. The van der Waals surface area contributed by atoms with Crippen molar-refractivity contribution in [2.75, 3.05) is 13.1 Å². The van der Waals surface area contributed by atoms with Crippen LogP contribution in [0.4, 0.5) is 8.78 Å². The molecule has 2 aromatic heterocycles. The molecule has 0 bridgehead atoms. The number of hydrogen-bond acceptors (Lipinski definition) is 4. The van der Waals surface area contributed by atoms with Crippen molar-refractivity contribution >= 4 is 11.0 Å². The molecule has 5 rings (SSSR count). The largest absolute Gasteiger partial charge is 0.387 e. The third kappa shape index (κ3) is 3.22. The van der Waals surface area contributed by atoms with Crippen LogP contribution in [0.3, 0.4) is 0 Å². The van der Waals surface area contributed by atoms with Gasteiger partial charge in [-0.05, 0) is 37.1 Å². The van der Waals surface area contributed by atoms with Crippen LogP contribution in [-0.4, -0.2) is 37.6 Å². The Kier molecular flexibility index (Phi) is 4.80. The molecule has 4 heterocycles. The first-order valence-electron chi connectivity index (χ1n) is 10.3. The summed E-state index contributed by atoms with van der Waals surface area (Å²) in [6, 6.07) is 6.23. The Labute approximate surface area is 168 Å². The minimum atomic E-state index is -0.777. The highest BCUT2D eigenvalue weighted by Crippen LogP contribution is 2.42. The van der Waals surface area contributed by atoms with Crippen molar-refractivity contribution in [1.29, 1.82) is 0 Å². The van der Waals surface area contributed by atoms with E-state index in [9.17, 15) is 13.9 Å². The topological polar surface area (TPSA) is 54.2 Å². The molecule has 1 N–H and O–H groups in total. The molecule has 152 valence electrons. The molecule has 2 aliphatic heterocycles. The van der Waals surface area contributed by atoms with Crippen molar-refractivity contribution in [3.8, 4) is 0 Å². The van der Waals surface area contributed by atoms with Gasteiger partial charge >= 0.3 is 0 Å². The Bertz CT molecular complexity index is 1030. The van der Waals surface area contributed by atoms with E-state index in [1.54, 1.807) is 18.3 Å². The van der Waals surface area contributed by atoms with E-state index in [1.807, 2.05) is 0 Å². The quantitative estimate of drug-likeness (QED) is 0.725. The third-order valence-corrected chi connectivity index (χ3v) is 6.31. The van der Waals surface area contributed by atoms with E-state index < -0.39 is 12.8 Å². The zero-order valence-corrected chi connectivity index (χ0v) is 16.2. The molecule has 1 saturated heterocycles. The van der Waals surface area contributed by atoms with Crippen LogP contribution in [0.15, 0.2) is 30.5 Å². The third-order valence-electron chi connectivity index (χ3n) is 6.31. The second-order valence-corrected chi connectivity index (χ2v) is 7.99. The summed E-state index contributed by atoms with van der Waals surface area (Å²) in [5.41, 5.74) is 4.65. The summed E-state index contributed by atoms with van der Waals surface area (Å²) < 4.78 is 28.6. The van der Waals surface area contributed by atoms with Gasteiger partial charge in [-0.1, -0.05) is 18.6 Å². The van der Waals surface area contributed by atoms with Crippen molar-refractivity contribution in [2.24, 2.45) is 0 Å². The Hall–Kier alpha value is -2.38. The number of aliphatic hydroxyl groups is 1. The standard InChI is InChI=1S/C22H24F2N4O/c23-11-20-25-12-18-22(26-20)21-16-3-1-2-9-27(16)10-8-17(21)28(18)13-19(29)14-4-6-15(24)7-5-14/h4-7,12,16,19,29H,1-3,8-11,13H2. The lowest BCUT2D eigenvalue weighted by Gasteiger charge is -2.39. The smallest absolute Gasteiger partial charge is 0.160 e. The minimum absolute atomic E-state index is 0.199. The molecule has 3 aromatic rings. The highest BCUT2D eigenvalue weighted by atomic mass is 19.1. The molecular weight excluding hydrogens is 374 g/mol. The van der Waals surface area contributed by atoms with Crippen LogP contribution in [0.25, 0.3) is 11.0 Å². The predicted octanol–water partition coefficient (Wildman–Crippen LogP) is 3.86. The normalized spacial score (nSPS) is 20.4. The number of fused-ring (bicyclic) bond motifs is 5. The molecule has 0 spiro atoms. The van der Waals surface area contributed by atoms with E-state index in [1.165, 1.54) is 30.5 Å². The average Bonchev–Trinajstić information content (AvgIpc) is 3.07. The second-order valence-electron chi connectivity index (χ2n) is 7.99. The second kappa shape index (κ2) is 7.46. The van der Waals surface area contributed by atoms with Gasteiger partial charge in [0.05, 0.1) is 29.9 Å². The minimum Gasteiger partial charge on any atom is -0.387 e.